The van der Waals surface area contributed by atoms with Gasteiger partial charge >= 0.3 is 0 Å². The van der Waals surface area contributed by atoms with Crippen molar-refractivity contribution >= 4 is 17.4 Å². The number of nitrogens with one attached hydrogen (secondary N) is 1. The Labute approximate surface area is 125 Å². The minimum Gasteiger partial charge on any atom is -0.487 e. The van der Waals surface area contributed by atoms with E-state index < -0.39 is 0 Å². The first-order valence-corrected chi connectivity index (χ1v) is 7.05. The summed E-state index contributed by atoms with van der Waals surface area (Å²) >= 11 is 0. The number of hydrogen-bond donors (Lipinski definition) is 1. The number of ketones is 1. The molecule has 1 N–H and O–H groups in total. The third-order valence-corrected chi connectivity index (χ3v) is 2.38. The van der Waals surface area contributed by atoms with E-state index in [9.17, 15) is 9.59 Å². The minimum absolute atomic E-state index is 0.0114. The van der Waals surface area contributed by atoms with Crippen LogP contribution in [0.1, 0.15) is 41.0 Å². The van der Waals surface area contributed by atoms with Crippen molar-refractivity contribution < 1.29 is 19.1 Å². The van der Waals surface area contributed by atoms with Crippen LogP contribution in [0.4, 0.5) is 5.69 Å². The summed E-state index contributed by atoms with van der Waals surface area (Å²) in [6.07, 6.45) is -0.232. The molecule has 1 amide bonds. The third-order valence-electron chi connectivity index (χ3n) is 2.38. The maximum atomic E-state index is 11.8. The lowest BCUT2D eigenvalue weighted by Gasteiger charge is -2.20. The first-order chi connectivity index (χ1) is 9.79. The number of rotatable bonds is 7. The van der Waals surface area contributed by atoms with Gasteiger partial charge < -0.3 is 14.8 Å². The van der Waals surface area contributed by atoms with Gasteiger partial charge in [0.05, 0.1) is 24.3 Å². The summed E-state index contributed by atoms with van der Waals surface area (Å²) in [4.78, 5) is 22.8. The lowest BCUT2D eigenvalue weighted by molar-refractivity contribution is -0.124. The van der Waals surface area contributed by atoms with Crippen molar-refractivity contribution in [1.82, 2.24) is 0 Å². The molecule has 116 valence electrons. The number of carbonyl (C=O) groups is 2. The molecule has 0 saturated heterocycles. The summed E-state index contributed by atoms with van der Waals surface area (Å²) in [5.41, 5.74) is 0.507. The number of Topliss-reactive ketones (excluding diaryl/α,β-unsaturated/α-hetero) is 1. The van der Waals surface area contributed by atoms with Crippen LogP contribution in [0.3, 0.4) is 0 Å². The Bertz CT molecular complexity index is 509. The number of benzene rings is 1. The molecule has 0 radical (unpaired) electrons. The maximum absolute atomic E-state index is 11.8. The summed E-state index contributed by atoms with van der Waals surface area (Å²) in [5.74, 6) is 0.503. The molecule has 0 atom stereocenters. The highest BCUT2D eigenvalue weighted by Gasteiger charge is 2.16. The summed E-state index contributed by atoms with van der Waals surface area (Å²) in [5, 5.41) is 2.70. The zero-order valence-electron chi connectivity index (χ0n) is 13.2. The Hall–Kier alpha value is -2.04. The second kappa shape index (κ2) is 7.67. The SMILES string of the molecule is CC(=O)CC(=O)Nc1cccc(OC(C)C)c1OC(C)C. The van der Waals surface area contributed by atoms with Crippen molar-refractivity contribution in [3.05, 3.63) is 18.2 Å². The number of carbonyl (C=O) groups excluding carboxylic acids is 2. The van der Waals surface area contributed by atoms with Crippen LogP contribution < -0.4 is 14.8 Å². The van der Waals surface area contributed by atoms with Gasteiger partial charge in [0.15, 0.2) is 11.5 Å². The highest BCUT2D eigenvalue weighted by Crippen LogP contribution is 2.36. The van der Waals surface area contributed by atoms with Gasteiger partial charge in [0.25, 0.3) is 0 Å². The Morgan fingerprint density at radius 1 is 1.10 bits per heavy atom. The van der Waals surface area contributed by atoms with Crippen molar-refractivity contribution in [3.63, 3.8) is 0 Å². The van der Waals surface area contributed by atoms with Crippen molar-refractivity contribution in [2.24, 2.45) is 0 Å². The Balaban J connectivity index is 3.05. The molecule has 0 aromatic heterocycles. The molecule has 5 nitrogen and oxygen atoms in total. The van der Waals surface area contributed by atoms with Crippen LogP contribution in [-0.2, 0) is 9.59 Å². The van der Waals surface area contributed by atoms with Crippen molar-refractivity contribution in [2.45, 2.75) is 53.2 Å². The van der Waals surface area contributed by atoms with Crippen molar-refractivity contribution in [2.75, 3.05) is 5.32 Å². The fraction of sp³-hybridized carbons (Fsp3) is 0.500. The lowest BCUT2D eigenvalue weighted by atomic mass is 10.2. The molecule has 0 heterocycles. The van der Waals surface area contributed by atoms with Crippen LogP contribution in [0, 0.1) is 0 Å². The normalized spacial score (nSPS) is 10.6. The molecule has 5 heteroatoms. The van der Waals surface area contributed by atoms with Gasteiger partial charge in [0.2, 0.25) is 5.91 Å². The van der Waals surface area contributed by atoms with E-state index in [2.05, 4.69) is 5.32 Å². The molecule has 0 aliphatic carbocycles. The number of para-hydroxylation sites is 1. The topological polar surface area (TPSA) is 64.6 Å². The van der Waals surface area contributed by atoms with E-state index >= 15 is 0 Å². The first kappa shape index (κ1) is 17.0. The van der Waals surface area contributed by atoms with Gasteiger partial charge in [-0.05, 0) is 46.8 Å². The predicted molar refractivity (Wildman–Crippen MR) is 81.9 cm³/mol. The van der Waals surface area contributed by atoms with Crippen molar-refractivity contribution in [3.8, 4) is 11.5 Å². The quantitative estimate of drug-likeness (QED) is 0.784. The van der Waals surface area contributed by atoms with Gasteiger partial charge in [-0.15, -0.1) is 0 Å². The van der Waals surface area contributed by atoms with Gasteiger partial charge in [0, 0.05) is 0 Å². The van der Waals surface area contributed by atoms with Crippen LogP contribution in [0.5, 0.6) is 11.5 Å². The van der Waals surface area contributed by atoms with Crippen LogP contribution in [0.2, 0.25) is 0 Å². The molecule has 0 fully saturated rings. The molecule has 0 aliphatic heterocycles. The second-order valence-electron chi connectivity index (χ2n) is 5.39. The molecule has 21 heavy (non-hydrogen) atoms. The maximum Gasteiger partial charge on any atom is 0.231 e. The average Bonchev–Trinajstić information content (AvgIpc) is 2.30. The van der Waals surface area contributed by atoms with Gasteiger partial charge in [-0.2, -0.15) is 0 Å². The Morgan fingerprint density at radius 2 is 1.71 bits per heavy atom. The van der Waals surface area contributed by atoms with E-state index in [1.54, 1.807) is 18.2 Å². The number of anilines is 1. The zero-order chi connectivity index (χ0) is 16.0. The molecular weight excluding hydrogens is 270 g/mol. The smallest absolute Gasteiger partial charge is 0.231 e. The van der Waals surface area contributed by atoms with E-state index in [1.807, 2.05) is 27.7 Å². The zero-order valence-corrected chi connectivity index (χ0v) is 13.2. The Kier molecular flexibility index (Phi) is 6.21. The van der Waals surface area contributed by atoms with E-state index in [0.717, 1.165) is 0 Å². The molecule has 0 aliphatic rings. The summed E-state index contributed by atoms with van der Waals surface area (Å²) in [6, 6.07) is 5.29. The minimum atomic E-state index is -0.363. The van der Waals surface area contributed by atoms with E-state index in [-0.39, 0.29) is 30.3 Å². The van der Waals surface area contributed by atoms with Crippen molar-refractivity contribution in [1.29, 1.82) is 0 Å². The fourth-order valence-electron chi connectivity index (χ4n) is 1.74. The van der Waals surface area contributed by atoms with Gasteiger partial charge in [0.1, 0.15) is 5.78 Å². The molecular formula is C16H23NO4. The summed E-state index contributed by atoms with van der Waals surface area (Å²) in [6.45, 7) is 9.00. The van der Waals surface area contributed by atoms with Crippen LogP contribution in [0.15, 0.2) is 18.2 Å². The molecule has 1 aromatic rings. The molecule has 0 spiro atoms. The highest BCUT2D eigenvalue weighted by atomic mass is 16.5. The Morgan fingerprint density at radius 3 is 2.24 bits per heavy atom. The molecule has 0 saturated carbocycles. The summed E-state index contributed by atoms with van der Waals surface area (Å²) < 4.78 is 11.5. The summed E-state index contributed by atoms with van der Waals surface area (Å²) in [7, 11) is 0. The van der Waals surface area contributed by atoms with Gasteiger partial charge in [-0.25, -0.2) is 0 Å². The highest BCUT2D eigenvalue weighted by molar-refractivity contribution is 6.04. The van der Waals surface area contributed by atoms with Gasteiger partial charge in [-0.3, -0.25) is 9.59 Å². The molecule has 0 unspecified atom stereocenters. The number of ether oxygens (including phenoxy) is 2. The van der Waals surface area contributed by atoms with Crippen LogP contribution >= 0.6 is 0 Å². The lowest BCUT2D eigenvalue weighted by Crippen LogP contribution is -2.17. The third kappa shape index (κ3) is 5.85. The standard InChI is InChI=1S/C16H23NO4/c1-10(2)20-14-8-6-7-13(16(14)21-11(3)4)17-15(19)9-12(5)18/h6-8,10-11H,9H2,1-5H3,(H,17,19). The van der Waals surface area contributed by atoms with Gasteiger partial charge in [-0.1, -0.05) is 6.07 Å². The molecule has 1 rings (SSSR count). The first-order valence-electron chi connectivity index (χ1n) is 7.05. The fourth-order valence-corrected chi connectivity index (χ4v) is 1.74. The van der Waals surface area contributed by atoms with E-state index in [4.69, 9.17) is 9.47 Å². The largest absolute Gasteiger partial charge is 0.487 e. The van der Waals surface area contributed by atoms with Crippen LogP contribution in [-0.4, -0.2) is 23.9 Å². The van der Waals surface area contributed by atoms with E-state index in [0.29, 0.717) is 17.2 Å². The van der Waals surface area contributed by atoms with E-state index in [1.165, 1.54) is 6.92 Å². The van der Waals surface area contributed by atoms with Crippen LogP contribution in [0.25, 0.3) is 0 Å². The molecule has 1 aromatic carbocycles. The number of amides is 1. The average molecular weight is 293 g/mol. The second-order valence-corrected chi connectivity index (χ2v) is 5.39. The number of hydrogen-bond acceptors (Lipinski definition) is 4. The monoisotopic (exact) mass is 293 g/mol. The molecule has 0 bridgehead atoms. The predicted octanol–water partition coefficient (Wildman–Crippen LogP) is 3.18.